The zero-order valence-corrected chi connectivity index (χ0v) is 10.4. The van der Waals surface area contributed by atoms with Gasteiger partial charge in [0, 0.05) is 18.3 Å². The van der Waals surface area contributed by atoms with E-state index < -0.39 is 0 Å². The third-order valence-electron chi connectivity index (χ3n) is 2.02. The minimum absolute atomic E-state index is 0.276. The molecule has 0 aromatic heterocycles. The molecule has 0 aliphatic heterocycles. The van der Waals surface area contributed by atoms with Crippen LogP contribution in [0, 0.1) is 5.41 Å². The fraction of sp³-hybridized carbons (Fsp3) is 0.429. The fourth-order valence-electron chi connectivity index (χ4n) is 1.22. The maximum atomic E-state index is 5.47. The van der Waals surface area contributed by atoms with Crippen LogP contribution < -0.4 is 10.1 Å². The number of rotatable bonds is 5. The SMILES string of the molecule is C=CCOc1cccc(NCC(C)(C)C)c1. The van der Waals surface area contributed by atoms with E-state index in [4.69, 9.17) is 4.74 Å². The van der Waals surface area contributed by atoms with Crippen molar-refractivity contribution in [2.75, 3.05) is 18.5 Å². The van der Waals surface area contributed by atoms with Crippen LogP contribution in [0.2, 0.25) is 0 Å². The van der Waals surface area contributed by atoms with Gasteiger partial charge in [0.2, 0.25) is 0 Å². The normalized spacial score (nSPS) is 10.9. The molecule has 0 heterocycles. The molecule has 0 saturated carbocycles. The van der Waals surface area contributed by atoms with Gasteiger partial charge in [0.1, 0.15) is 12.4 Å². The van der Waals surface area contributed by atoms with E-state index in [1.54, 1.807) is 6.08 Å². The van der Waals surface area contributed by atoms with Gasteiger partial charge < -0.3 is 10.1 Å². The highest BCUT2D eigenvalue weighted by Crippen LogP contribution is 2.20. The van der Waals surface area contributed by atoms with Crippen molar-refractivity contribution in [3.05, 3.63) is 36.9 Å². The van der Waals surface area contributed by atoms with Gasteiger partial charge in [-0.25, -0.2) is 0 Å². The van der Waals surface area contributed by atoms with Crippen LogP contribution in [-0.4, -0.2) is 13.2 Å². The second-order valence-electron chi connectivity index (χ2n) is 5.04. The Morgan fingerprint density at radius 3 is 2.75 bits per heavy atom. The van der Waals surface area contributed by atoms with Gasteiger partial charge in [-0.1, -0.05) is 39.5 Å². The Kier molecular flexibility index (Phi) is 4.41. The van der Waals surface area contributed by atoms with Crippen molar-refractivity contribution in [2.24, 2.45) is 5.41 Å². The summed E-state index contributed by atoms with van der Waals surface area (Å²) in [6.07, 6.45) is 1.75. The van der Waals surface area contributed by atoms with Crippen LogP contribution in [0.3, 0.4) is 0 Å². The lowest BCUT2D eigenvalue weighted by molar-refractivity contribution is 0.363. The molecule has 0 aliphatic rings. The molecule has 1 rings (SSSR count). The zero-order chi connectivity index (χ0) is 12.0. The minimum Gasteiger partial charge on any atom is -0.489 e. The molecule has 1 aromatic carbocycles. The van der Waals surface area contributed by atoms with Crippen LogP contribution in [0.4, 0.5) is 5.69 Å². The van der Waals surface area contributed by atoms with Crippen LogP contribution in [-0.2, 0) is 0 Å². The largest absolute Gasteiger partial charge is 0.489 e. The molecule has 0 saturated heterocycles. The molecule has 0 fully saturated rings. The number of ether oxygens (including phenoxy) is 1. The quantitative estimate of drug-likeness (QED) is 0.762. The molecular formula is C14H21NO. The zero-order valence-electron chi connectivity index (χ0n) is 10.4. The number of anilines is 1. The Bertz CT molecular complexity index is 339. The smallest absolute Gasteiger partial charge is 0.121 e. The van der Waals surface area contributed by atoms with Crippen LogP contribution in [0.1, 0.15) is 20.8 Å². The first-order valence-electron chi connectivity index (χ1n) is 5.59. The van der Waals surface area contributed by atoms with Crippen LogP contribution in [0.25, 0.3) is 0 Å². The maximum Gasteiger partial charge on any atom is 0.121 e. The van der Waals surface area contributed by atoms with Crippen LogP contribution >= 0.6 is 0 Å². The molecule has 2 heteroatoms. The minimum atomic E-state index is 0.276. The number of hydrogen-bond donors (Lipinski definition) is 1. The van der Waals surface area contributed by atoms with Gasteiger partial charge in [0.15, 0.2) is 0 Å². The van der Waals surface area contributed by atoms with E-state index in [9.17, 15) is 0 Å². The first kappa shape index (κ1) is 12.6. The van der Waals surface area contributed by atoms with Crippen molar-refractivity contribution in [3.63, 3.8) is 0 Å². The van der Waals surface area contributed by atoms with Crippen molar-refractivity contribution >= 4 is 5.69 Å². The third kappa shape index (κ3) is 4.87. The lowest BCUT2D eigenvalue weighted by atomic mass is 9.97. The summed E-state index contributed by atoms with van der Waals surface area (Å²) >= 11 is 0. The average Bonchev–Trinajstić information content (AvgIpc) is 2.23. The van der Waals surface area contributed by atoms with Gasteiger partial charge in [-0.2, -0.15) is 0 Å². The summed E-state index contributed by atoms with van der Waals surface area (Å²) in [7, 11) is 0. The van der Waals surface area contributed by atoms with E-state index in [1.807, 2.05) is 24.3 Å². The first-order valence-corrected chi connectivity index (χ1v) is 5.59. The molecule has 0 amide bonds. The maximum absolute atomic E-state index is 5.47. The number of benzene rings is 1. The number of nitrogens with one attached hydrogen (secondary N) is 1. The second-order valence-corrected chi connectivity index (χ2v) is 5.04. The van der Waals surface area contributed by atoms with E-state index in [-0.39, 0.29) is 5.41 Å². The van der Waals surface area contributed by atoms with Gasteiger partial charge in [0.25, 0.3) is 0 Å². The summed E-state index contributed by atoms with van der Waals surface area (Å²) in [6.45, 7) is 11.7. The van der Waals surface area contributed by atoms with E-state index >= 15 is 0 Å². The van der Waals surface area contributed by atoms with Gasteiger partial charge in [0.05, 0.1) is 0 Å². The van der Waals surface area contributed by atoms with Gasteiger partial charge in [-0.15, -0.1) is 0 Å². The molecule has 1 N–H and O–H groups in total. The van der Waals surface area contributed by atoms with Crippen molar-refractivity contribution in [2.45, 2.75) is 20.8 Å². The molecule has 16 heavy (non-hydrogen) atoms. The van der Waals surface area contributed by atoms with Crippen molar-refractivity contribution < 1.29 is 4.74 Å². The van der Waals surface area contributed by atoms with E-state index in [2.05, 4.69) is 32.7 Å². The molecule has 0 spiro atoms. The summed E-state index contributed by atoms with van der Waals surface area (Å²) in [5.41, 5.74) is 1.37. The molecule has 0 unspecified atom stereocenters. The molecule has 0 aliphatic carbocycles. The summed E-state index contributed by atoms with van der Waals surface area (Å²) < 4.78 is 5.47. The topological polar surface area (TPSA) is 21.3 Å². The summed E-state index contributed by atoms with van der Waals surface area (Å²) in [5.74, 6) is 0.874. The van der Waals surface area contributed by atoms with Gasteiger partial charge in [-0.3, -0.25) is 0 Å². The highest BCUT2D eigenvalue weighted by molar-refractivity contribution is 5.48. The Morgan fingerprint density at radius 2 is 2.12 bits per heavy atom. The summed E-state index contributed by atoms with van der Waals surface area (Å²) in [5, 5.41) is 3.40. The Morgan fingerprint density at radius 1 is 1.38 bits per heavy atom. The van der Waals surface area contributed by atoms with E-state index in [0.717, 1.165) is 18.0 Å². The average molecular weight is 219 g/mol. The molecule has 0 atom stereocenters. The predicted octanol–water partition coefficient (Wildman–Crippen LogP) is 3.71. The second kappa shape index (κ2) is 5.59. The van der Waals surface area contributed by atoms with E-state index in [0.29, 0.717) is 6.61 Å². The molecular weight excluding hydrogens is 198 g/mol. The third-order valence-corrected chi connectivity index (χ3v) is 2.02. The fourth-order valence-corrected chi connectivity index (χ4v) is 1.22. The van der Waals surface area contributed by atoms with Crippen molar-refractivity contribution in [1.82, 2.24) is 0 Å². The van der Waals surface area contributed by atoms with Crippen molar-refractivity contribution in [3.8, 4) is 5.75 Å². The van der Waals surface area contributed by atoms with Gasteiger partial charge >= 0.3 is 0 Å². The molecule has 0 bridgehead atoms. The lowest BCUT2D eigenvalue weighted by Crippen LogP contribution is -2.18. The monoisotopic (exact) mass is 219 g/mol. The molecule has 1 aromatic rings. The van der Waals surface area contributed by atoms with Crippen LogP contribution in [0.15, 0.2) is 36.9 Å². The Balaban J connectivity index is 2.56. The van der Waals surface area contributed by atoms with Crippen LogP contribution in [0.5, 0.6) is 5.75 Å². The molecule has 2 nitrogen and oxygen atoms in total. The van der Waals surface area contributed by atoms with E-state index in [1.165, 1.54) is 0 Å². The Hall–Kier alpha value is -1.44. The predicted molar refractivity (Wildman–Crippen MR) is 70.1 cm³/mol. The number of hydrogen-bond acceptors (Lipinski definition) is 2. The summed E-state index contributed by atoms with van der Waals surface area (Å²) in [4.78, 5) is 0. The molecule has 88 valence electrons. The van der Waals surface area contributed by atoms with Gasteiger partial charge in [-0.05, 0) is 17.5 Å². The molecule has 0 radical (unpaired) electrons. The standard InChI is InChI=1S/C14H21NO/c1-5-9-16-13-8-6-7-12(10-13)15-11-14(2,3)4/h5-8,10,15H,1,9,11H2,2-4H3. The highest BCUT2D eigenvalue weighted by Gasteiger charge is 2.09. The first-order chi connectivity index (χ1) is 7.51. The highest BCUT2D eigenvalue weighted by atomic mass is 16.5. The summed E-state index contributed by atoms with van der Waals surface area (Å²) in [6, 6.07) is 8.00. The lowest BCUT2D eigenvalue weighted by Gasteiger charge is -2.19. The van der Waals surface area contributed by atoms with Crippen molar-refractivity contribution in [1.29, 1.82) is 0 Å². The Labute approximate surface area is 98.3 Å².